The van der Waals surface area contributed by atoms with E-state index in [1.54, 1.807) is 18.0 Å². The van der Waals surface area contributed by atoms with Crippen LogP contribution in [-0.4, -0.2) is 6.04 Å². The fourth-order valence-electron chi connectivity index (χ4n) is 2.06. The van der Waals surface area contributed by atoms with E-state index in [0.717, 1.165) is 5.76 Å². The van der Waals surface area contributed by atoms with E-state index < -0.39 is 0 Å². The highest BCUT2D eigenvalue weighted by atomic mass is 32.2. The first-order chi connectivity index (χ1) is 9.38. The van der Waals surface area contributed by atoms with Crippen LogP contribution in [0, 0.1) is 0 Å². The fraction of sp³-hybridized carbons (Fsp3) is 0.412. The van der Waals surface area contributed by atoms with E-state index in [2.05, 4.69) is 45.0 Å². The van der Waals surface area contributed by atoms with Gasteiger partial charge in [0.15, 0.2) is 0 Å². The molecule has 0 spiro atoms. The van der Waals surface area contributed by atoms with Gasteiger partial charge in [-0.25, -0.2) is 0 Å². The molecule has 0 aliphatic heterocycles. The van der Waals surface area contributed by atoms with E-state index in [1.807, 2.05) is 19.1 Å². The Bertz CT molecular complexity index is 523. The molecule has 0 amide bonds. The predicted octanol–water partition coefficient (Wildman–Crippen LogP) is 4.76. The van der Waals surface area contributed by atoms with E-state index in [0.29, 0.717) is 0 Å². The summed E-state index contributed by atoms with van der Waals surface area (Å²) in [5.74, 6) is 0.935. The van der Waals surface area contributed by atoms with Crippen LogP contribution in [0.1, 0.15) is 44.3 Å². The summed E-state index contributed by atoms with van der Waals surface area (Å²) in [6.45, 7) is 8.69. The average Bonchev–Trinajstić information content (AvgIpc) is 2.88. The van der Waals surface area contributed by atoms with Crippen LogP contribution in [-0.2, 0) is 5.41 Å². The minimum atomic E-state index is 0.0356. The molecule has 0 aliphatic rings. The van der Waals surface area contributed by atoms with Crippen LogP contribution in [0.4, 0.5) is 0 Å². The van der Waals surface area contributed by atoms with E-state index in [-0.39, 0.29) is 16.7 Å². The fourth-order valence-corrected chi connectivity index (χ4v) is 3.11. The van der Waals surface area contributed by atoms with Crippen LogP contribution in [0.3, 0.4) is 0 Å². The molecular formula is C17H23NOS. The molecule has 2 rings (SSSR count). The molecule has 0 aliphatic carbocycles. The van der Waals surface area contributed by atoms with Crippen molar-refractivity contribution >= 4 is 11.8 Å². The van der Waals surface area contributed by atoms with Crippen molar-refractivity contribution in [3.63, 3.8) is 0 Å². The van der Waals surface area contributed by atoms with Gasteiger partial charge in [-0.2, -0.15) is 0 Å². The Morgan fingerprint density at radius 3 is 2.20 bits per heavy atom. The van der Waals surface area contributed by atoms with E-state index in [1.165, 1.54) is 10.5 Å². The van der Waals surface area contributed by atoms with Gasteiger partial charge in [-0.1, -0.05) is 32.9 Å². The second kappa shape index (κ2) is 6.06. The summed E-state index contributed by atoms with van der Waals surface area (Å²) < 4.78 is 5.51. The third kappa shape index (κ3) is 3.68. The lowest BCUT2D eigenvalue weighted by atomic mass is 9.87. The van der Waals surface area contributed by atoms with Crippen molar-refractivity contribution in [2.24, 2.45) is 5.73 Å². The molecule has 0 saturated heterocycles. The van der Waals surface area contributed by atoms with Crippen LogP contribution < -0.4 is 5.73 Å². The second-order valence-corrected chi connectivity index (χ2v) is 7.40. The second-order valence-electron chi connectivity index (χ2n) is 6.19. The molecule has 2 unspecified atom stereocenters. The van der Waals surface area contributed by atoms with Crippen molar-refractivity contribution in [3.8, 4) is 0 Å². The number of rotatable bonds is 4. The van der Waals surface area contributed by atoms with Crippen LogP contribution >= 0.6 is 11.8 Å². The van der Waals surface area contributed by atoms with Crippen LogP contribution in [0.2, 0.25) is 0 Å². The van der Waals surface area contributed by atoms with Crippen molar-refractivity contribution in [3.05, 3.63) is 54.0 Å². The summed E-state index contributed by atoms with van der Waals surface area (Å²) in [4.78, 5) is 1.22. The van der Waals surface area contributed by atoms with Gasteiger partial charge in [0, 0.05) is 10.9 Å². The smallest absolute Gasteiger partial charge is 0.118 e. The standard InChI is InChI=1S/C17H23NOS/c1-12(18)16(15-6-5-11-19-15)20-14-9-7-13(8-10-14)17(2,3)4/h5-12,16H,18H2,1-4H3. The lowest BCUT2D eigenvalue weighted by Gasteiger charge is -2.21. The quantitative estimate of drug-likeness (QED) is 0.825. The zero-order valence-corrected chi connectivity index (χ0v) is 13.4. The first kappa shape index (κ1) is 15.2. The molecule has 1 aromatic heterocycles. The van der Waals surface area contributed by atoms with E-state index >= 15 is 0 Å². The average molecular weight is 289 g/mol. The topological polar surface area (TPSA) is 39.2 Å². The molecule has 0 fully saturated rings. The number of thioether (sulfide) groups is 1. The normalized spacial score (nSPS) is 15.1. The van der Waals surface area contributed by atoms with Crippen molar-refractivity contribution in [1.29, 1.82) is 0 Å². The summed E-state index contributed by atoms with van der Waals surface area (Å²) in [5, 5.41) is 0.144. The van der Waals surface area contributed by atoms with Gasteiger partial charge in [0.1, 0.15) is 5.76 Å². The number of hydrogen-bond acceptors (Lipinski definition) is 3. The van der Waals surface area contributed by atoms with Gasteiger partial charge in [0.05, 0.1) is 11.5 Å². The number of benzene rings is 1. The van der Waals surface area contributed by atoms with Crippen LogP contribution in [0.25, 0.3) is 0 Å². The third-order valence-corrected chi connectivity index (χ3v) is 4.74. The van der Waals surface area contributed by atoms with Gasteiger partial charge in [0.25, 0.3) is 0 Å². The first-order valence-electron chi connectivity index (χ1n) is 6.94. The maximum absolute atomic E-state index is 6.09. The molecule has 3 heteroatoms. The molecule has 2 aromatic rings. The highest BCUT2D eigenvalue weighted by Crippen LogP contribution is 2.38. The predicted molar refractivity (Wildman–Crippen MR) is 86.1 cm³/mol. The molecule has 1 heterocycles. The van der Waals surface area contributed by atoms with Crippen molar-refractivity contribution in [2.75, 3.05) is 0 Å². The molecule has 0 bridgehead atoms. The number of hydrogen-bond donors (Lipinski definition) is 1. The largest absolute Gasteiger partial charge is 0.468 e. The number of nitrogens with two attached hydrogens (primary N) is 1. The molecular weight excluding hydrogens is 266 g/mol. The minimum Gasteiger partial charge on any atom is -0.468 e. The van der Waals surface area contributed by atoms with Crippen molar-refractivity contribution in [2.45, 2.75) is 49.3 Å². The van der Waals surface area contributed by atoms with Gasteiger partial charge in [-0.05, 0) is 42.2 Å². The molecule has 2 nitrogen and oxygen atoms in total. The monoisotopic (exact) mass is 289 g/mol. The Hall–Kier alpha value is -1.19. The van der Waals surface area contributed by atoms with Crippen molar-refractivity contribution < 1.29 is 4.42 Å². The summed E-state index contributed by atoms with van der Waals surface area (Å²) >= 11 is 1.76. The van der Waals surface area contributed by atoms with Crippen molar-refractivity contribution in [1.82, 2.24) is 0 Å². The Balaban J connectivity index is 2.16. The molecule has 20 heavy (non-hydrogen) atoms. The summed E-state index contributed by atoms with van der Waals surface area (Å²) in [6, 6.07) is 12.7. The molecule has 0 radical (unpaired) electrons. The number of furan rings is 1. The van der Waals surface area contributed by atoms with E-state index in [4.69, 9.17) is 10.2 Å². The van der Waals surface area contributed by atoms with Gasteiger partial charge in [-0.15, -0.1) is 11.8 Å². The Kier molecular flexibility index (Phi) is 4.61. The maximum Gasteiger partial charge on any atom is 0.118 e. The molecule has 108 valence electrons. The van der Waals surface area contributed by atoms with Gasteiger partial charge >= 0.3 is 0 Å². The Labute approximate surface area is 125 Å². The summed E-state index contributed by atoms with van der Waals surface area (Å²) in [6.07, 6.45) is 1.70. The van der Waals surface area contributed by atoms with E-state index in [9.17, 15) is 0 Å². The SMILES string of the molecule is CC(N)C(Sc1ccc(C(C)(C)C)cc1)c1ccco1. The lowest BCUT2D eigenvalue weighted by molar-refractivity contribution is 0.487. The van der Waals surface area contributed by atoms with Gasteiger partial charge in [-0.3, -0.25) is 0 Å². The zero-order valence-electron chi connectivity index (χ0n) is 12.6. The van der Waals surface area contributed by atoms with Crippen LogP contribution in [0.5, 0.6) is 0 Å². The van der Waals surface area contributed by atoms with Crippen LogP contribution in [0.15, 0.2) is 52.0 Å². The minimum absolute atomic E-state index is 0.0356. The zero-order chi connectivity index (χ0) is 14.8. The van der Waals surface area contributed by atoms with Gasteiger partial charge < -0.3 is 10.2 Å². The summed E-state index contributed by atoms with van der Waals surface area (Å²) in [7, 11) is 0. The molecule has 2 N–H and O–H groups in total. The third-order valence-electron chi connectivity index (χ3n) is 3.28. The molecule has 0 saturated carbocycles. The lowest BCUT2D eigenvalue weighted by Crippen LogP contribution is -2.22. The Morgan fingerprint density at radius 2 is 1.75 bits per heavy atom. The molecule has 1 aromatic carbocycles. The summed E-state index contributed by atoms with van der Waals surface area (Å²) in [5.41, 5.74) is 7.62. The highest BCUT2D eigenvalue weighted by molar-refractivity contribution is 7.99. The maximum atomic E-state index is 6.09. The Morgan fingerprint density at radius 1 is 1.10 bits per heavy atom. The van der Waals surface area contributed by atoms with Gasteiger partial charge in [0.2, 0.25) is 0 Å². The first-order valence-corrected chi connectivity index (χ1v) is 7.82. The highest BCUT2D eigenvalue weighted by Gasteiger charge is 2.21. The molecule has 2 atom stereocenters.